The van der Waals surface area contributed by atoms with Crippen LogP contribution in [0.4, 0.5) is 10.5 Å². The van der Waals surface area contributed by atoms with E-state index in [1.165, 1.54) is 0 Å². The lowest BCUT2D eigenvalue weighted by molar-refractivity contribution is -0.133. The van der Waals surface area contributed by atoms with E-state index in [4.69, 9.17) is 0 Å². The summed E-state index contributed by atoms with van der Waals surface area (Å²) < 4.78 is 0. The monoisotopic (exact) mass is 393 g/mol. The van der Waals surface area contributed by atoms with Crippen molar-refractivity contribution in [2.24, 2.45) is 0 Å². The lowest BCUT2D eigenvalue weighted by Crippen LogP contribution is -2.45. The molecule has 1 heterocycles. The number of aryl methyl sites for hydroxylation is 4. The molecule has 1 aliphatic heterocycles. The third kappa shape index (κ3) is 4.47. The molecule has 1 fully saturated rings. The van der Waals surface area contributed by atoms with Crippen molar-refractivity contribution in [3.05, 3.63) is 64.7 Å². The molecule has 2 N–H and O–H groups in total. The summed E-state index contributed by atoms with van der Waals surface area (Å²) in [7, 11) is 0. The van der Waals surface area contributed by atoms with Crippen LogP contribution in [-0.2, 0) is 16.0 Å². The van der Waals surface area contributed by atoms with Gasteiger partial charge in [-0.1, -0.05) is 48.0 Å². The maximum Gasteiger partial charge on any atom is 0.325 e. The molecule has 3 rings (SSSR count). The number of nitrogens with zero attached hydrogens (tertiary/aromatic N) is 1. The van der Waals surface area contributed by atoms with Crippen LogP contribution in [0.3, 0.4) is 0 Å². The number of benzene rings is 2. The highest BCUT2D eigenvalue weighted by molar-refractivity contribution is 6.10. The van der Waals surface area contributed by atoms with Crippen molar-refractivity contribution in [3.63, 3.8) is 0 Å². The van der Waals surface area contributed by atoms with Gasteiger partial charge in [-0.25, -0.2) is 4.79 Å². The second-order valence-electron chi connectivity index (χ2n) is 7.96. The lowest BCUT2D eigenvalue weighted by Gasteiger charge is -2.21. The van der Waals surface area contributed by atoms with Gasteiger partial charge in [0.15, 0.2) is 0 Å². The van der Waals surface area contributed by atoms with Crippen molar-refractivity contribution in [2.45, 2.75) is 46.1 Å². The van der Waals surface area contributed by atoms with Gasteiger partial charge in [-0.3, -0.25) is 14.5 Å². The number of nitrogens with one attached hydrogen (secondary N) is 2. The summed E-state index contributed by atoms with van der Waals surface area (Å²) in [6, 6.07) is 13.2. The summed E-state index contributed by atoms with van der Waals surface area (Å²) in [6.45, 7) is 7.24. The van der Waals surface area contributed by atoms with Gasteiger partial charge in [0.25, 0.3) is 5.91 Å². The van der Waals surface area contributed by atoms with E-state index in [9.17, 15) is 14.4 Å². The van der Waals surface area contributed by atoms with Crippen LogP contribution < -0.4 is 10.6 Å². The summed E-state index contributed by atoms with van der Waals surface area (Å²) in [4.78, 5) is 38.8. The molecule has 6 nitrogen and oxygen atoms in total. The number of amides is 4. The minimum Gasteiger partial charge on any atom is -0.324 e. The Balaban J connectivity index is 1.66. The number of anilines is 1. The third-order valence-electron chi connectivity index (χ3n) is 5.34. The summed E-state index contributed by atoms with van der Waals surface area (Å²) in [6.07, 6.45) is 1.13. The summed E-state index contributed by atoms with van der Waals surface area (Å²) >= 11 is 0. The molecule has 0 radical (unpaired) electrons. The fourth-order valence-electron chi connectivity index (χ4n) is 3.80. The van der Waals surface area contributed by atoms with Crippen molar-refractivity contribution in [1.82, 2.24) is 10.2 Å². The summed E-state index contributed by atoms with van der Waals surface area (Å²) in [5.41, 5.74) is 3.81. The molecule has 4 amide bonds. The number of hydrogen-bond acceptors (Lipinski definition) is 3. The highest BCUT2D eigenvalue weighted by Crippen LogP contribution is 2.25. The molecule has 0 bridgehead atoms. The smallest absolute Gasteiger partial charge is 0.324 e. The predicted octanol–water partition coefficient (Wildman–Crippen LogP) is 3.49. The average molecular weight is 393 g/mol. The number of carbonyl (C=O) groups is 3. The molecule has 2 aromatic carbocycles. The van der Waals surface area contributed by atoms with Gasteiger partial charge in [0.2, 0.25) is 5.91 Å². The van der Waals surface area contributed by atoms with Gasteiger partial charge >= 0.3 is 6.03 Å². The maximum atomic E-state index is 12.9. The van der Waals surface area contributed by atoms with Gasteiger partial charge in [0, 0.05) is 5.69 Å². The van der Waals surface area contributed by atoms with Crippen LogP contribution in [-0.4, -0.2) is 34.8 Å². The molecular formula is C23H27N3O3. The Bertz CT molecular complexity index is 932. The predicted molar refractivity (Wildman–Crippen MR) is 113 cm³/mol. The van der Waals surface area contributed by atoms with Crippen molar-refractivity contribution in [3.8, 4) is 0 Å². The molecule has 0 saturated carbocycles. The van der Waals surface area contributed by atoms with Crippen LogP contribution in [0.5, 0.6) is 0 Å². The minimum absolute atomic E-state index is 0.307. The van der Waals surface area contributed by atoms with Gasteiger partial charge < -0.3 is 10.6 Å². The second-order valence-corrected chi connectivity index (χ2v) is 7.96. The molecule has 1 saturated heterocycles. The maximum absolute atomic E-state index is 12.9. The van der Waals surface area contributed by atoms with Crippen LogP contribution in [0.25, 0.3) is 0 Å². The molecular weight excluding hydrogens is 366 g/mol. The van der Waals surface area contributed by atoms with E-state index < -0.39 is 17.5 Å². The first-order valence-corrected chi connectivity index (χ1v) is 9.75. The number of rotatable bonds is 6. The Hall–Kier alpha value is -3.15. The molecule has 29 heavy (non-hydrogen) atoms. The largest absolute Gasteiger partial charge is 0.325 e. The van der Waals surface area contributed by atoms with Crippen LogP contribution >= 0.6 is 0 Å². The normalized spacial score (nSPS) is 18.7. The number of imide groups is 1. The van der Waals surface area contributed by atoms with Crippen molar-refractivity contribution < 1.29 is 14.4 Å². The van der Waals surface area contributed by atoms with Crippen molar-refractivity contribution in [2.75, 3.05) is 11.9 Å². The highest BCUT2D eigenvalue weighted by atomic mass is 16.2. The standard InChI is InChI=1S/C23H27N3O3/c1-15-12-16(2)20(17(3)13-15)24-19(27)14-26-21(28)23(4,25-22(26)29)11-10-18-8-6-5-7-9-18/h5-9,12-13H,10-11,14H2,1-4H3,(H,24,27)(H,25,29)/t23-/m1/s1. The van der Waals surface area contributed by atoms with E-state index in [1.54, 1.807) is 6.92 Å². The van der Waals surface area contributed by atoms with Gasteiger partial charge in [-0.2, -0.15) is 0 Å². The molecule has 1 atom stereocenters. The minimum atomic E-state index is -1.01. The fourth-order valence-corrected chi connectivity index (χ4v) is 3.80. The Morgan fingerprint density at radius 3 is 2.31 bits per heavy atom. The lowest BCUT2D eigenvalue weighted by atomic mass is 9.93. The Kier molecular flexibility index (Phi) is 5.73. The second kappa shape index (κ2) is 8.07. The summed E-state index contributed by atoms with van der Waals surface area (Å²) in [5, 5.41) is 5.60. The number of carbonyl (C=O) groups excluding carboxylic acids is 3. The topological polar surface area (TPSA) is 78.5 Å². The van der Waals surface area contributed by atoms with E-state index >= 15 is 0 Å². The number of hydrogen-bond donors (Lipinski definition) is 2. The Labute approximate surface area is 171 Å². The van der Waals surface area contributed by atoms with Crippen molar-refractivity contribution >= 4 is 23.5 Å². The van der Waals surface area contributed by atoms with Gasteiger partial charge in [0.05, 0.1) is 0 Å². The van der Waals surface area contributed by atoms with E-state index in [0.29, 0.717) is 12.8 Å². The van der Waals surface area contributed by atoms with E-state index in [1.807, 2.05) is 63.2 Å². The van der Waals surface area contributed by atoms with Crippen LogP contribution in [0, 0.1) is 20.8 Å². The highest BCUT2D eigenvalue weighted by Gasteiger charge is 2.47. The van der Waals surface area contributed by atoms with E-state index in [2.05, 4.69) is 10.6 Å². The molecule has 0 aromatic heterocycles. The zero-order valence-electron chi connectivity index (χ0n) is 17.3. The van der Waals surface area contributed by atoms with Crippen LogP contribution in [0.1, 0.15) is 35.6 Å². The first-order valence-electron chi connectivity index (χ1n) is 9.75. The molecule has 1 aliphatic rings. The Morgan fingerprint density at radius 1 is 1.07 bits per heavy atom. The average Bonchev–Trinajstić information content (AvgIpc) is 2.87. The molecule has 6 heteroatoms. The zero-order chi connectivity index (χ0) is 21.2. The molecule has 0 unspecified atom stereocenters. The molecule has 0 aliphatic carbocycles. The van der Waals surface area contributed by atoms with E-state index in [0.717, 1.165) is 32.8 Å². The fraction of sp³-hybridized carbons (Fsp3) is 0.348. The quantitative estimate of drug-likeness (QED) is 0.738. The third-order valence-corrected chi connectivity index (χ3v) is 5.34. The first kappa shape index (κ1) is 20.6. The number of urea groups is 1. The van der Waals surface area contributed by atoms with Crippen LogP contribution in [0.2, 0.25) is 0 Å². The Morgan fingerprint density at radius 2 is 1.69 bits per heavy atom. The van der Waals surface area contributed by atoms with Gasteiger partial charge in [-0.05, 0) is 57.2 Å². The van der Waals surface area contributed by atoms with Crippen LogP contribution in [0.15, 0.2) is 42.5 Å². The first-order chi connectivity index (χ1) is 13.7. The summed E-state index contributed by atoms with van der Waals surface area (Å²) in [5.74, 6) is -0.762. The van der Waals surface area contributed by atoms with Gasteiger partial charge in [0.1, 0.15) is 12.1 Å². The van der Waals surface area contributed by atoms with E-state index in [-0.39, 0.29) is 12.5 Å². The zero-order valence-corrected chi connectivity index (χ0v) is 17.3. The molecule has 0 spiro atoms. The molecule has 2 aromatic rings. The SMILES string of the molecule is Cc1cc(C)c(NC(=O)CN2C(=O)N[C@](C)(CCc3ccccc3)C2=O)c(C)c1. The van der Waals surface area contributed by atoms with Gasteiger partial charge in [-0.15, -0.1) is 0 Å². The molecule has 152 valence electrons. The van der Waals surface area contributed by atoms with Crippen molar-refractivity contribution in [1.29, 1.82) is 0 Å².